The number of nitrogens with zero attached hydrogens (tertiary/aromatic N) is 9. The minimum atomic E-state index is -0.0687. The van der Waals surface area contributed by atoms with E-state index in [4.69, 9.17) is 15.5 Å². The van der Waals surface area contributed by atoms with Gasteiger partial charge in [-0.1, -0.05) is 13.8 Å². The van der Waals surface area contributed by atoms with E-state index in [2.05, 4.69) is 47.7 Å². The molecule has 0 unspecified atom stereocenters. The molecule has 4 aromatic heterocycles. The molecule has 188 valence electrons. The highest BCUT2D eigenvalue weighted by molar-refractivity contribution is 5.88. The Labute approximate surface area is 210 Å². The van der Waals surface area contributed by atoms with E-state index in [1.165, 1.54) is 0 Å². The van der Waals surface area contributed by atoms with Gasteiger partial charge in [-0.25, -0.2) is 9.50 Å². The van der Waals surface area contributed by atoms with Crippen LogP contribution in [0.25, 0.3) is 16.7 Å². The summed E-state index contributed by atoms with van der Waals surface area (Å²) in [5, 5.41) is 18.7. The average Bonchev–Trinajstić information content (AvgIpc) is 3.47. The second-order valence-corrected chi connectivity index (χ2v) is 9.74. The Bertz CT molecular complexity index is 1510. The number of anilines is 1. The number of rotatable bonds is 6. The van der Waals surface area contributed by atoms with E-state index in [0.717, 1.165) is 59.7 Å². The first kappa shape index (κ1) is 24.0. The number of fused-ring (bicyclic) bond motifs is 2. The summed E-state index contributed by atoms with van der Waals surface area (Å²) in [6.07, 6.45) is 5.66. The molecule has 1 aliphatic rings. The Morgan fingerprint density at radius 3 is 2.64 bits per heavy atom. The van der Waals surface area contributed by atoms with Crippen LogP contribution in [-0.2, 0) is 13.6 Å². The molecule has 0 saturated carbocycles. The summed E-state index contributed by atoms with van der Waals surface area (Å²) in [7, 11) is 1.75. The lowest BCUT2D eigenvalue weighted by Gasteiger charge is -2.49. The first-order valence-electron chi connectivity index (χ1n) is 12.6. The van der Waals surface area contributed by atoms with E-state index in [0.29, 0.717) is 0 Å². The van der Waals surface area contributed by atoms with Crippen LogP contribution in [0.5, 0.6) is 0 Å². The maximum atomic E-state index is 12.9. The third-order valence-corrected chi connectivity index (χ3v) is 7.55. The van der Waals surface area contributed by atoms with Crippen molar-refractivity contribution in [3.63, 3.8) is 0 Å². The highest BCUT2D eigenvalue weighted by Gasteiger charge is 2.36. The molecule has 0 aliphatic carbocycles. The van der Waals surface area contributed by atoms with Crippen molar-refractivity contribution in [2.75, 3.05) is 18.0 Å². The molecule has 5 heterocycles. The lowest BCUT2D eigenvalue weighted by molar-refractivity contribution is 0.0986. The molecule has 3 atom stereocenters. The predicted octanol–water partition coefficient (Wildman–Crippen LogP) is 3.05. The molecule has 0 spiro atoms. The number of imidazole rings is 1. The van der Waals surface area contributed by atoms with Crippen LogP contribution in [0.3, 0.4) is 0 Å². The summed E-state index contributed by atoms with van der Waals surface area (Å²) >= 11 is 0. The highest BCUT2D eigenvalue weighted by Crippen LogP contribution is 2.34. The van der Waals surface area contributed by atoms with Crippen molar-refractivity contribution < 1.29 is 0 Å². The van der Waals surface area contributed by atoms with Crippen LogP contribution >= 0.6 is 0 Å². The first-order chi connectivity index (χ1) is 17.3. The molecular weight excluding hydrogens is 454 g/mol. The minimum absolute atomic E-state index is 0.0687. The fourth-order valence-electron chi connectivity index (χ4n) is 5.47. The number of piperazine rings is 1. The number of hydrogen-bond acceptors (Lipinski definition) is 7. The molecular formula is C26H33N9O. The first-order valence-corrected chi connectivity index (χ1v) is 12.6. The van der Waals surface area contributed by atoms with Crippen LogP contribution in [0.15, 0.2) is 35.4 Å². The summed E-state index contributed by atoms with van der Waals surface area (Å²) < 4.78 is 5.09. The Morgan fingerprint density at radius 1 is 1.14 bits per heavy atom. The van der Waals surface area contributed by atoms with Crippen LogP contribution < -0.4 is 10.5 Å². The van der Waals surface area contributed by atoms with Crippen molar-refractivity contribution in [1.82, 2.24) is 33.8 Å². The molecule has 4 aromatic rings. The van der Waals surface area contributed by atoms with E-state index in [1.807, 2.05) is 23.7 Å². The van der Waals surface area contributed by atoms with Crippen LogP contribution in [0.2, 0.25) is 0 Å². The Kier molecular flexibility index (Phi) is 6.26. The van der Waals surface area contributed by atoms with E-state index >= 15 is 0 Å². The third-order valence-electron chi connectivity index (χ3n) is 7.55. The molecule has 36 heavy (non-hydrogen) atoms. The number of nitriles is 1. The molecule has 0 bridgehead atoms. The normalized spacial score (nSPS) is 19.7. The van der Waals surface area contributed by atoms with Crippen LogP contribution in [0.1, 0.15) is 51.0 Å². The molecule has 0 radical (unpaired) electrons. The van der Waals surface area contributed by atoms with Gasteiger partial charge in [-0.2, -0.15) is 15.5 Å². The van der Waals surface area contributed by atoms with Crippen molar-refractivity contribution in [2.24, 2.45) is 7.05 Å². The molecule has 10 heteroatoms. The maximum absolute atomic E-state index is 12.9. The van der Waals surface area contributed by atoms with Gasteiger partial charge in [0.25, 0.3) is 5.56 Å². The fourth-order valence-corrected chi connectivity index (χ4v) is 5.47. The predicted molar refractivity (Wildman–Crippen MR) is 139 cm³/mol. The van der Waals surface area contributed by atoms with Gasteiger partial charge in [-0.15, -0.1) is 0 Å². The quantitative estimate of drug-likeness (QED) is 0.412. The van der Waals surface area contributed by atoms with Gasteiger partial charge in [0.15, 0.2) is 5.65 Å². The highest BCUT2D eigenvalue weighted by atomic mass is 16.1. The van der Waals surface area contributed by atoms with Crippen molar-refractivity contribution >= 4 is 22.4 Å². The zero-order valence-corrected chi connectivity index (χ0v) is 21.6. The SMILES string of the molecule is CC[C@H]1CN([C@H](C)c2ccc3nc(C)cn3n2)[C@H](CC)CN1c1cc(=O)n(C)c2cn(CC#N)nc12. The second-order valence-electron chi connectivity index (χ2n) is 9.74. The van der Waals surface area contributed by atoms with E-state index in [9.17, 15) is 4.79 Å². The van der Waals surface area contributed by atoms with Crippen molar-refractivity contribution in [3.05, 3.63) is 52.3 Å². The van der Waals surface area contributed by atoms with Crippen molar-refractivity contribution in [3.8, 4) is 6.07 Å². The molecule has 5 rings (SSSR count). The van der Waals surface area contributed by atoms with E-state index in [-0.39, 0.29) is 30.2 Å². The van der Waals surface area contributed by atoms with Crippen LogP contribution in [0.4, 0.5) is 5.69 Å². The van der Waals surface area contributed by atoms with Gasteiger partial charge in [-0.05, 0) is 38.8 Å². The summed E-state index contributed by atoms with van der Waals surface area (Å²) in [5.41, 5.74) is 5.14. The molecule has 10 nitrogen and oxygen atoms in total. The molecule has 1 fully saturated rings. The molecule has 0 amide bonds. The van der Waals surface area contributed by atoms with Crippen LogP contribution in [-0.4, -0.2) is 59.0 Å². The maximum Gasteiger partial charge on any atom is 0.252 e. The molecule has 1 saturated heterocycles. The fraction of sp³-hybridized carbons (Fsp3) is 0.500. The molecule has 1 aliphatic heterocycles. The van der Waals surface area contributed by atoms with Crippen molar-refractivity contribution in [2.45, 2.75) is 65.2 Å². The van der Waals surface area contributed by atoms with E-state index < -0.39 is 0 Å². The summed E-state index contributed by atoms with van der Waals surface area (Å²) in [6.45, 7) is 10.4. The van der Waals surface area contributed by atoms with Gasteiger partial charge in [0.1, 0.15) is 12.1 Å². The summed E-state index contributed by atoms with van der Waals surface area (Å²) in [6, 6.07) is 8.60. The monoisotopic (exact) mass is 487 g/mol. The van der Waals surface area contributed by atoms with Crippen LogP contribution in [0, 0.1) is 18.3 Å². The summed E-state index contributed by atoms with van der Waals surface area (Å²) in [5.74, 6) is 0. The van der Waals surface area contributed by atoms with Gasteiger partial charge in [0.05, 0.1) is 47.1 Å². The average molecular weight is 488 g/mol. The smallest absolute Gasteiger partial charge is 0.252 e. The minimum Gasteiger partial charge on any atom is -0.364 e. The number of aromatic nitrogens is 6. The van der Waals surface area contributed by atoms with E-state index in [1.54, 1.807) is 28.6 Å². The summed E-state index contributed by atoms with van der Waals surface area (Å²) in [4.78, 5) is 22.3. The number of aryl methyl sites for hydroxylation is 2. The van der Waals surface area contributed by atoms with Gasteiger partial charge in [-0.3, -0.25) is 14.4 Å². The van der Waals surface area contributed by atoms with Gasteiger partial charge >= 0.3 is 0 Å². The topological polar surface area (TPSA) is 100 Å². The lowest BCUT2D eigenvalue weighted by Crippen LogP contribution is -2.59. The third kappa shape index (κ3) is 4.03. The number of pyridine rings is 1. The van der Waals surface area contributed by atoms with Crippen molar-refractivity contribution in [1.29, 1.82) is 5.26 Å². The largest absolute Gasteiger partial charge is 0.364 e. The Hall–Kier alpha value is -3.71. The zero-order valence-electron chi connectivity index (χ0n) is 21.6. The Morgan fingerprint density at radius 2 is 1.92 bits per heavy atom. The van der Waals surface area contributed by atoms with Gasteiger partial charge in [0, 0.05) is 38.3 Å². The lowest BCUT2D eigenvalue weighted by atomic mass is 9.98. The zero-order chi connectivity index (χ0) is 25.6. The molecule has 0 aromatic carbocycles. The number of hydrogen-bond donors (Lipinski definition) is 0. The molecule has 0 N–H and O–H groups in total. The van der Waals surface area contributed by atoms with Gasteiger partial charge < -0.3 is 9.47 Å². The van der Waals surface area contributed by atoms with Gasteiger partial charge in [0.2, 0.25) is 0 Å². The standard InChI is InChI=1S/C26H33N9O/c1-6-19-15-34(22-12-25(36)31(5)23-16-32(11-10-27)30-26(22)23)20(7-2)14-33(19)18(4)21-8-9-24-28-17(3)13-35(24)29-21/h8-9,12-13,16,18-20H,6-7,11,14-15H2,1-5H3/t18-,19-,20+/m1/s1. The second kappa shape index (κ2) is 9.39. The Balaban J connectivity index is 1.50.